The average Bonchev–Trinajstić information content (AvgIpc) is 3.46. The first-order valence-corrected chi connectivity index (χ1v) is 34.4. The second-order valence-corrected chi connectivity index (χ2v) is 24.2. The van der Waals surface area contributed by atoms with Crippen molar-refractivity contribution in [1.82, 2.24) is 0 Å². The smallest absolute Gasteiger partial charge is 0.306 e. The van der Waals surface area contributed by atoms with Crippen molar-refractivity contribution in [2.45, 2.75) is 264 Å². The molecule has 468 valence electrons. The Morgan fingerprint density at radius 1 is 0.390 bits per heavy atom. The van der Waals surface area contributed by atoms with Crippen LogP contribution < -0.4 is 4.89 Å². The first-order valence-electron chi connectivity index (χ1n) is 32.9. The van der Waals surface area contributed by atoms with Gasteiger partial charge in [-0.25, -0.2) is 0 Å². The lowest BCUT2D eigenvalue weighted by atomic mass is 10.0. The summed E-state index contributed by atoms with van der Waals surface area (Å²) in [7, 11) is 1.14. The first kappa shape index (κ1) is 78.1. The Hall–Kier alpha value is -3.85. The third-order valence-electron chi connectivity index (χ3n) is 13.7. The van der Waals surface area contributed by atoms with E-state index in [1.54, 1.807) is 0 Å². The van der Waals surface area contributed by atoms with Crippen LogP contribution in [0.3, 0.4) is 0 Å². The fourth-order valence-corrected chi connectivity index (χ4v) is 9.35. The monoisotopic (exact) mass is 1160 g/mol. The van der Waals surface area contributed by atoms with Crippen LogP contribution in [0, 0.1) is 0 Å². The molecule has 0 aromatic carbocycles. The second-order valence-electron chi connectivity index (χ2n) is 22.7. The number of likely N-dealkylation sites (N-methyl/N-ethyl adjacent to an activating group) is 1. The molecule has 0 radical (unpaired) electrons. The quantitative estimate of drug-likeness (QED) is 0.0195. The molecule has 0 heterocycles. The summed E-state index contributed by atoms with van der Waals surface area (Å²) in [6, 6.07) is 0. The number of allylic oxidation sites excluding steroid dienone is 22. The lowest BCUT2D eigenvalue weighted by Gasteiger charge is -2.28. The summed E-state index contributed by atoms with van der Waals surface area (Å²) in [5.74, 6) is -0.857. The number of quaternary nitrogens is 1. The molecular weight excluding hydrogens is 1040 g/mol. The molecule has 0 saturated carbocycles. The molecule has 0 bridgehead atoms. The van der Waals surface area contributed by atoms with Gasteiger partial charge in [0.05, 0.1) is 27.7 Å². The van der Waals surface area contributed by atoms with Crippen molar-refractivity contribution >= 4 is 19.8 Å². The molecule has 2 unspecified atom stereocenters. The molecule has 0 amide bonds. The van der Waals surface area contributed by atoms with Gasteiger partial charge in [0.1, 0.15) is 19.8 Å². The zero-order chi connectivity index (χ0) is 59.8. The van der Waals surface area contributed by atoms with E-state index in [-0.39, 0.29) is 26.1 Å². The van der Waals surface area contributed by atoms with Crippen molar-refractivity contribution in [3.05, 3.63) is 134 Å². The molecule has 0 N–H and O–H groups in total. The molecule has 0 aliphatic heterocycles. The highest BCUT2D eigenvalue weighted by Gasteiger charge is 2.22. The highest BCUT2D eigenvalue weighted by atomic mass is 31.2. The average molecular weight is 1160 g/mol. The maximum Gasteiger partial charge on any atom is 0.306 e. The molecule has 0 fully saturated rings. The van der Waals surface area contributed by atoms with Crippen LogP contribution >= 0.6 is 7.82 Å². The third kappa shape index (κ3) is 65.3. The first-order chi connectivity index (χ1) is 40.0. The largest absolute Gasteiger partial charge is 0.756 e. The standard InChI is InChI=1S/C72H122NO8P/c1-6-8-10-12-14-16-18-20-22-24-26-28-30-32-34-35-36-37-39-41-43-45-47-49-51-53-55-57-59-61-63-65-72(75)81-70(69-80-82(76,77)79-67-66-73(3,4)5)68-78-71(74)64-62-60-58-56-54-52-50-48-46-44-42-40-38-33-31-29-27-25-23-21-19-17-15-13-11-9-7-2/h8,10,14,16,19-22,25-28,31-34,36-37,41,43,47,49,70H,6-7,9,11-13,15,17-18,23-24,29-30,35,38-40,42,44-46,48,50-69H2,1-5H3/b10-8-,16-14-,21-19-,22-20-,27-25-,28-26-,33-31-,34-32-,37-36-,43-41-,49-47-. The van der Waals surface area contributed by atoms with Crippen LogP contribution in [0.1, 0.15) is 258 Å². The van der Waals surface area contributed by atoms with Crippen LogP contribution in [0.25, 0.3) is 0 Å². The molecule has 0 aromatic rings. The molecule has 0 saturated heterocycles. The summed E-state index contributed by atoms with van der Waals surface area (Å²) in [6.45, 7) is 4.09. The van der Waals surface area contributed by atoms with E-state index in [9.17, 15) is 19.0 Å². The molecule has 0 spiro atoms. The number of carbonyl (C=O) groups excluding carboxylic acids is 2. The number of rotatable bonds is 59. The number of ether oxygens (including phenoxy) is 2. The Morgan fingerprint density at radius 3 is 1.04 bits per heavy atom. The molecule has 0 aromatic heterocycles. The Kier molecular flexibility index (Phi) is 58.8. The third-order valence-corrected chi connectivity index (χ3v) is 14.6. The van der Waals surface area contributed by atoms with Crippen molar-refractivity contribution in [3.63, 3.8) is 0 Å². The zero-order valence-electron chi connectivity index (χ0n) is 53.1. The second kappa shape index (κ2) is 61.7. The van der Waals surface area contributed by atoms with E-state index in [2.05, 4.69) is 148 Å². The summed E-state index contributed by atoms with van der Waals surface area (Å²) < 4.78 is 34.2. The Balaban J connectivity index is 4.19. The van der Waals surface area contributed by atoms with Gasteiger partial charge in [-0.05, 0) is 116 Å². The molecule has 0 rings (SSSR count). The predicted molar refractivity (Wildman–Crippen MR) is 351 cm³/mol. The van der Waals surface area contributed by atoms with Gasteiger partial charge in [0, 0.05) is 12.8 Å². The van der Waals surface area contributed by atoms with Crippen LogP contribution in [0.4, 0.5) is 0 Å². The van der Waals surface area contributed by atoms with Crippen molar-refractivity contribution in [2.75, 3.05) is 47.5 Å². The molecule has 82 heavy (non-hydrogen) atoms. The van der Waals surface area contributed by atoms with E-state index in [1.165, 1.54) is 96.3 Å². The van der Waals surface area contributed by atoms with Gasteiger partial charge >= 0.3 is 11.9 Å². The predicted octanol–water partition coefficient (Wildman–Crippen LogP) is 20.6. The van der Waals surface area contributed by atoms with Gasteiger partial charge in [-0.2, -0.15) is 0 Å². The fourth-order valence-electron chi connectivity index (χ4n) is 8.62. The minimum absolute atomic E-state index is 0.0413. The van der Waals surface area contributed by atoms with Crippen molar-refractivity contribution in [2.24, 2.45) is 0 Å². The van der Waals surface area contributed by atoms with Gasteiger partial charge < -0.3 is 27.9 Å². The van der Waals surface area contributed by atoms with Crippen molar-refractivity contribution < 1.29 is 42.1 Å². The SMILES string of the molecule is CC/C=C\C/C=C\C/C=C\C/C=C\C/C=C\C/C=C\C/C=C\C/C=C\CCCCCCCCC(=O)OC(COC(=O)CCCCCCCCCCCCCC/C=C\C/C=C\C/C=C\CCCCCCC)COP(=O)([O-])OCC[N+](C)(C)C. The van der Waals surface area contributed by atoms with Crippen molar-refractivity contribution in [1.29, 1.82) is 0 Å². The molecule has 0 aliphatic carbocycles. The Bertz CT molecular complexity index is 1850. The summed E-state index contributed by atoms with van der Waals surface area (Å²) in [4.78, 5) is 38.0. The maximum absolute atomic E-state index is 12.8. The van der Waals surface area contributed by atoms with Crippen LogP contribution in [0.15, 0.2) is 134 Å². The van der Waals surface area contributed by atoms with Crippen molar-refractivity contribution in [3.8, 4) is 0 Å². The fraction of sp³-hybridized carbons (Fsp3) is 0.667. The van der Waals surface area contributed by atoms with Gasteiger partial charge in [0.25, 0.3) is 7.82 Å². The minimum Gasteiger partial charge on any atom is -0.756 e. The number of hydrogen-bond acceptors (Lipinski definition) is 8. The number of nitrogens with zero attached hydrogens (tertiary/aromatic N) is 1. The lowest BCUT2D eigenvalue weighted by molar-refractivity contribution is -0.870. The summed E-state index contributed by atoms with van der Waals surface area (Å²) in [5.41, 5.74) is 0. The molecule has 9 nitrogen and oxygen atoms in total. The van der Waals surface area contributed by atoms with E-state index in [0.29, 0.717) is 17.4 Å². The molecule has 0 aliphatic rings. The Morgan fingerprint density at radius 2 is 0.695 bits per heavy atom. The number of carbonyl (C=O) groups is 2. The molecular formula is C72H122NO8P. The minimum atomic E-state index is -4.65. The summed E-state index contributed by atoms with van der Waals surface area (Å²) in [5, 5.41) is 0. The lowest BCUT2D eigenvalue weighted by Crippen LogP contribution is -2.37. The van der Waals surface area contributed by atoms with Gasteiger partial charge in [0.2, 0.25) is 0 Å². The number of esters is 2. The van der Waals surface area contributed by atoms with E-state index < -0.39 is 32.5 Å². The van der Waals surface area contributed by atoms with E-state index in [4.69, 9.17) is 18.5 Å². The normalized spacial score (nSPS) is 14.1. The summed E-state index contributed by atoms with van der Waals surface area (Å²) >= 11 is 0. The maximum atomic E-state index is 12.8. The van der Waals surface area contributed by atoms with Gasteiger partial charge in [-0.1, -0.05) is 263 Å². The van der Waals surface area contributed by atoms with Gasteiger partial charge in [-0.3, -0.25) is 14.2 Å². The van der Waals surface area contributed by atoms with Crippen LogP contribution in [-0.2, 0) is 32.7 Å². The highest BCUT2D eigenvalue weighted by Crippen LogP contribution is 2.38. The van der Waals surface area contributed by atoms with Gasteiger partial charge in [-0.15, -0.1) is 0 Å². The number of hydrogen-bond donors (Lipinski definition) is 0. The highest BCUT2D eigenvalue weighted by molar-refractivity contribution is 7.45. The van der Waals surface area contributed by atoms with E-state index >= 15 is 0 Å². The number of phosphoric acid groups is 1. The number of unbranched alkanes of at least 4 members (excludes halogenated alkanes) is 23. The topological polar surface area (TPSA) is 111 Å². The van der Waals surface area contributed by atoms with Crippen LogP contribution in [-0.4, -0.2) is 70.0 Å². The van der Waals surface area contributed by atoms with Crippen LogP contribution in [0.2, 0.25) is 0 Å². The Labute approximate surface area is 504 Å². The number of phosphoric ester groups is 1. The zero-order valence-corrected chi connectivity index (χ0v) is 54.0. The van der Waals surface area contributed by atoms with E-state index in [1.807, 2.05) is 21.1 Å². The van der Waals surface area contributed by atoms with Crippen LogP contribution in [0.5, 0.6) is 0 Å². The molecule has 10 heteroatoms. The summed E-state index contributed by atoms with van der Waals surface area (Å²) in [6.07, 6.45) is 89.3. The van der Waals surface area contributed by atoms with Gasteiger partial charge in [0.15, 0.2) is 6.10 Å². The van der Waals surface area contributed by atoms with E-state index in [0.717, 1.165) is 128 Å². The molecule has 2 atom stereocenters.